The van der Waals surface area contributed by atoms with Crippen LogP contribution in [0.15, 0.2) is 16.0 Å². The van der Waals surface area contributed by atoms with Gasteiger partial charge in [-0.05, 0) is 58.0 Å². The fraction of sp³-hybridized carbons (Fsp3) is 0.357. The Morgan fingerprint density at radius 3 is 2.77 bits per heavy atom. The molecule has 12 heteroatoms. The number of nitrogens with zero attached hydrogens (tertiary/aromatic N) is 4. The quantitative estimate of drug-likeness (QED) is 0.499. The van der Waals surface area contributed by atoms with E-state index in [4.69, 9.17) is 11.6 Å². The molecule has 3 aromatic heterocycles. The van der Waals surface area contributed by atoms with Crippen LogP contribution in [0.3, 0.4) is 0 Å². The van der Waals surface area contributed by atoms with E-state index in [0.717, 1.165) is 5.69 Å². The Morgan fingerprint density at radius 1 is 1.35 bits per heavy atom. The first kappa shape index (κ1) is 19.3. The van der Waals surface area contributed by atoms with Gasteiger partial charge in [-0.15, -0.1) is 5.10 Å². The number of fused-ring (bicyclic) bond motifs is 1. The van der Waals surface area contributed by atoms with Gasteiger partial charge in [-0.1, -0.05) is 0 Å². The summed E-state index contributed by atoms with van der Waals surface area (Å²) in [7, 11) is 0. The highest BCUT2D eigenvalue weighted by Crippen LogP contribution is 2.33. The first-order valence-electron chi connectivity index (χ1n) is 7.38. The molecule has 0 saturated carbocycles. The molecule has 3 heterocycles. The van der Waals surface area contributed by atoms with Crippen molar-refractivity contribution < 1.29 is 17.6 Å². The molecule has 0 aromatic carbocycles. The van der Waals surface area contributed by atoms with Crippen molar-refractivity contribution in [1.29, 1.82) is 0 Å². The third-order valence-electron chi connectivity index (χ3n) is 3.55. The minimum atomic E-state index is -4.29. The Labute approximate surface area is 162 Å². The van der Waals surface area contributed by atoms with Crippen molar-refractivity contribution in [2.75, 3.05) is 5.32 Å². The monoisotopic (exact) mass is 471 g/mol. The van der Waals surface area contributed by atoms with Crippen LogP contribution in [0.25, 0.3) is 5.52 Å². The molecule has 0 saturated heterocycles. The fourth-order valence-electron chi connectivity index (χ4n) is 2.41. The molecule has 0 aliphatic heterocycles. The molecule has 0 atom stereocenters. The largest absolute Gasteiger partial charge is 0.389 e. The summed E-state index contributed by atoms with van der Waals surface area (Å²) in [6.07, 6.45) is -5.62. The molecular formula is C14H11BrClF4N5S. The molecule has 26 heavy (non-hydrogen) atoms. The van der Waals surface area contributed by atoms with Gasteiger partial charge in [0, 0.05) is 17.4 Å². The molecule has 3 aromatic rings. The van der Waals surface area contributed by atoms with Crippen molar-refractivity contribution in [3.05, 3.63) is 38.4 Å². The fourth-order valence-corrected chi connectivity index (χ4v) is 3.73. The Balaban J connectivity index is 1.92. The molecule has 0 amide bonds. The van der Waals surface area contributed by atoms with E-state index in [0.29, 0.717) is 0 Å². The van der Waals surface area contributed by atoms with Crippen molar-refractivity contribution in [2.45, 2.75) is 32.0 Å². The van der Waals surface area contributed by atoms with Gasteiger partial charge >= 0.3 is 6.18 Å². The summed E-state index contributed by atoms with van der Waals surface area (Å²) in [4.78, 5) is 3.99. The summed E-state index contributed by atoms with van der Waals surface area (Å²) in [6.45, 7) is 0.290. The predicted molar refractivity (Wildman–Crippen MR) is 94.1 cm³/mol. The number of aromatic nitrogens is 4. The van der Waals surface area contributed by atoms with E-state index in [1.807, 2.05) is 0 Å². The van der Waals surface area contributed by atoms with E-state index >= 15 is 0 Å². The summed E-state index contributed by atoms with van der Waals surface area (Å²) in [5, 5.41) is 8.54. The topological polar surface area (TPSA) is 55.1 Å². The number of rotatable bonds is 6. The summed E-state index contributed by atoms with van der Waals surface area (Å²) in [6, 6.07) is 1.80. The number of nitrogens with one attached hydrogen (secondary N) is 1. The van der Waals surface area contributed by atoms with Gasteiger partial charge in [0.2, 0.25) is 5.28 Å². The van der Waals surface area contributed by atoms with Crippen LogP contribution in [0.2, 0.25) is 5.28 Å². The van der Waals surface area contributed by atoms with Crippen molar-refractivity contribution in [3.63, 3.8) is 0 Å². The summed E-state index contributed by atoms with van der Waals surface area (Å²) in [5.74, 6) is -0.547. The Kier molecular flexibility index (Phi) is 5.68. The maximum absolute atomic E-state index is 14.9. The lowest BCUT2D eigenvalue weighted by Crippen LogP contribution is -2.07. The molecule has 0 bridgehead atoms. The molecule has 0 spiro atoms. The number of hydrogen-bond acceptors (Lipinski definition) is 5. The second-order valence-electron chi connectivity index (χ2n) is 5.39. The Hall–Kier alpha value is -1.46. The number of halogens is 6. The zero-order valence-electron chi connectivity index (χ0n) is 12.9. The van der Waals surface area contributed by atoms with Crippen LogP contribution in [0.4, 0.5) is 23.4 Å². The van der Waals surface area contributed by atoms with Gasteiger partial charge in [0.15, 0.2) is 11.6 Å². The second-order valence-corrected chi connectivity index (χ2v) is 7.14. The lowest BCUT2D eigenvalue weighted by atomic mass is 10.1. The molecule has 140 valence electrons. The van der Waals surface area contributed by atoms with E-state index < -0.39 is 18.4 Å². The maximum atomic E-state index is 14.9. The zero-order chi connectivity index (χ0) is 18.9. The van der Waals surface area contributed by atoms with Crippen LogP contribution in [0, 0.1) is 5.82 Å². The van der Waals surface area contributed by atoms with Crippen LogP contribution in [-0.4, -0.2) is 25.1 Å². The van der Waals surface area contributed by atoms with E-state index in [1.165, 1.54) is 16.0 Å². The van der Waals surface area contributed by atoms with Crippen LogP contribution >= 0.6 is 39.1 Å². The van der Waals surface area contributed by atoms with Crippen molar-refractivity contribution in [3.8, 4) is 0 Å². The third kappa shape index (κ3) is 4.26. The summed E-state index contributed by atoms with van der Waals surface area (Å²) >= 11 is 10.4. The van der Waals surface area contributed by atoms with E-state index in [-0.39, 0.29) is 46.2 Å². The maximum Gasteiger partial charge on any atom is 0.389 e. The minimum absolute atomic E-state index is 0.0125. The van der Waals surface area contributed by atoms with Gasteiger partial charge < -0.3 is 5.32 Å². The molecular weight excluding hydrogens is 462 g/mol. The summed E-state index contributed by atoms with van der Waals surface area (Å²) in [5.41, 5.74) is 0.848. The molecule has 0 unspecified atom stereocenters. The normalized spacial score (nSPS) is 12.1. The van der Waals surface area contributed by atoms with Gasteiger partial charge in [0.1, 0.15) is 10.1 Å². The van der Waals surface area contributed by atoms with Crippen molar-refractivity contribution in [2.24, 2.45) is 0 Å². The predicted octanol–water partition coefficient (Wildman–Crippen LogP) is 5.24. The standard InChI is InChI=1S/C14H11BrClF4N5S/c15-11-8(2-1-4-14(18,19)20)9(17)10-12(22-13(16)23-25(10)11)21-6-7-3-5-26-24-7/h3,5H,1-2,4,6H2,(H,21,22,23). The van der Waals surface area contributed by atoms with Crippen molar-refractivity contribution >= 4 is 50.4 Å². The van der Waals surface area contributed by atoms with E-state index in [9.17, 15) is 17.6 Å². The highest BCUT2D eigenvalue weighted by atomic mass is 79.9. The highest BCUT2D eigenvalue weighted by Gasteiger charge is 2.28. The van der Waals surface area contributed by atoms with Crippen LogP contribution in [0.5, 0.6) is 0 Å². The SMILES string of the molecule is Fc1c(CCCC(F)(F)F)c(Br)n2nc(Cl)nc(NCc3ccsn3)c12. The molecule has 5 nitrogen and oxygen atoms in total. The number of alkyl halides is 3. The average Bonchev–Trinajstić information content (AvgIpc) is 3.14. The molecule has 0 radical (unpaired) electrons. The zero-order valence-corrected chi connectivity index (χ0v) is 16.1. The van der Waals surface area contributed by atoms with Gasteiger partial charge in [-0.2, -0.15) is 22.5 Å². The molecule has 0 aliphatic rings. The molecule has 1 N–H and O–H groups in total. The van der Waals surface area contributed by atoms with Crippen molar-refractivity contribution in [1.82, 2.24) is 19.0 Å². The van der Waals surface area contributed by atoms with Gasteiger partial charge in [-0.25, -0.2) is 8.91 Å². The molecule has 0 aliphatic carbocycles. The lowest BCUT2D eigenvalue weighted by Gasteiger charge is -2.06. The molecule has 0 fully saturated rings. The highest BCUT2D eigenvalue weighted by molar-refractivity contribution is 9.10. The van der Waals surface area contributed by atoms with Gasteiger partial charge in [-0.3, -0.25) is 0 Å². The second kappa shape index (κ2) is 7.65. The Morgan fingerprint density at radius 2 is 2.12 bits per heavy atom. The minimum Gasteiger partial charge on any atom is -0.362 e. The lowest BCUT2D eigenvalue weighted by molar-refractivity contribution is -0.135. The Bertz CT molecular complexity index is 913. The van der Waals surface area contributed by atoms with Crippen LogP contribution < -0.4 is 5.32 Å². The number of anilines is 1. The summed E-state index contributed by atoms with van der Waals surface area (Å²) < 4.78 is 57.4. The van der Waals surface area contributed by atoms with E-state index in [2.05, 4.69) is 35.7 Å². The van der Waals surface area contributed by atoms with Crippen LogP contribution in [0.1, 0.15) is 24.1 Å². The third-order valence-corrected chi connectivity index (χ3v) is 5.12. The first-order chi connectivity index (χ1) is 12.3. The number of hydrogen-bond donors (Lipinski definition) is 1. The smallest absolute Gasteiger partial charge is 0.362 e. The van der Waals surface area contributed by atoms with Gasteiger partial charge in [0.05, 0.1) is 12.2 Å². The average molecular weight is 473 g/mol. The van der Waals surface area contributed by atoms with E-state index in [1.54, 1.807) is 11.4 Å². The van der Waals surface area contributed by atoms with Crippen LogP contribution in [-0.2, 0) is 13.0 Å². The molecule has 3 rings (SSSR count). The van der Waals surface area contributed by atoms with Gasteiger partial charge in [0.25, 0.3) is 0 Å². The first-order valence-corrected chi connectivity index (χ1v) is 9.39.